The van der Waals surface area contributed by atoms with Crippen LogP contribution in [0.5, 0.6) is 0 Å². The van der Waals surface area contributed by atoms with Crippen molar-refractivity contribution >= 4 is 40.6 Å². The third-order valence-corrected chi connectivity index (χ3v) is 5.59. The Morgan fingerprint density at radius 3 is 2.38 bits per heavy atom. The zero-order chi connectivity index (χ0) is 13.9. The normalized spacial score (nSPS) is 25.6. The van der Waals surface area contributed by atoms with Crippen LogP contribution in [-0.4, -0.2) is 81.4 Å². The van der Waals surface area contributed by atoms with E-state index in [-0.39, 0.29) is 42.2 Å². The number of hydrogen-bond acceptors (Lipinski definition) is 5. The van der Waals surface area contributed by atoms with Gasteiger partial charge in [0.2, 0.25) is 5.91 Å². The number of nitrogens with one attached hydrogen (secondary N) is 1. The van der Waals surface area contributed by atoms with Crippen molar-refractivity contribution < 1.29 is 13.2 Å². The molecule has 0 spiro atoms. The number of amides is 1. The first-order valence-electron chi connectivity index (χ1n) is 6.88. The van der Waals surface area contributed by atoms with Crippen LogP contribution in [0.3, 0.4) is 0 Å². The molecule has 2 fully saturated rings. The Bertz CT molecular complexity index is 419. The minimum Gasteiger partial charge on any atom is -0.340 e. The van der Waals surface area contributed by atoms with E-state index in [4.69, 9.17) is 0 Å². The van der Waals surface area contributed by atoms with E-state index in [1.807, 2.05) is 16.8 Å². The molecule has 2 aliphatic rings. The highest BCUT2D eigenvalue weighted by Gasteiger charge is 2.27. The predicted molar refractivity (Wildman–Crippen MR) is 88.3 cm³/mol. The molecule has 21 heavy (non-hydrogen) atoms. The summed E-state index contributed by atoms with van der Waals surface area (Å²) in [7, 11) is -0.941. The Labute approximate surface area is 139 Å². The van der Waals surface area contributed by atoms with Crippen molar-refractivity contribution in [2.24, 2.45) is 0 Å². The van der Waals surface area contributed by atoms with Gasteiger partial charge in [0.25, 0.3) is 0 Å². The van der Waals surface area contributed by atoms with Crippen LogP contribution < -0.4 is 5.32 Å². The third kappa shape index (κ3) is 6.28. The van der Waals surface area contributed by atoms with Crippen molar-refractivity contribution in [2.45, 2.75) is 18.9 Å². The molecule has 2 heterocycles. The fourth-order valence-corrected chi connectivity index (χ4v) is 3.92. The number of piperidine rings is 1. The lowest BCUT2D eigenvalue weighted by Crippen LogP contribution is -2.51. The molecule has 6 nitrogen and oxygen atoms in total. The molecule has 2 saturated heterocycles. The maximum atomic E-state index is 12.2. The summed E-state index contributed by atoms with van der Waals surface area (Å²) in [6.45, 7) is 2.91. The first kappa shape index (κ1) is 20.9. The number of nitrogens with zero attached hydrogens (tertiary/aromatic N) is 2. The molecule has 1 N–H and O–H groups in total. The molecule has 0 radical (unpaired) electrons. The predicted octanol–water partition coefficient (Wildman–Crippen LogP) is -0.229. The van der Waals surface area contributed by atoms with Crippen molar-refractivity contribution in [3.05, 3.63) is 0 Å². The van der Waals surface area contributed by atoms with Gasteiger partial charge in [0.1, 0.15) is 0 Å². The molecule has 0 aromatic carbocycles. The van der Waals surface area contributed by atoms with Crippen LogP contribution in [-0.2, 0) is 14.6 Å². The SMILES string of the molecule is CNC1CCCN(C(=O)CN2CCS(=O)(=O)CC2)C1.Cl.Cl. The summed E-state index contributed by atoms with van der Waals surface area (Å²) in [5.41, 5.74) is 0. The highest BCUT2D eigenvalue weighted by Crippen LogP contribution is 2.11. The van der Waals surface area contributed by atoms with E-state index in [1.54, 1.807) is 0 Å². The van der Waals surface area contributed by atoms with Gasteiger partial charge in [0.05, 0.1) is 18.1 Å². The zero-order valence-electron chi connectivity index (χ0n) is 12.3. The maximum absolute atomic E-state index is 12.2. The summed E-state index contributed by atoms with van der Waals surface area (Å²) < 4.78 is 22.7. The van der Waals surface area contributed by atoms with Gasteiger partial charge in [-0.05, 0) is 19.9 Å². The van der Waals surface area contributed by atoms with Gasteiger partial charge in [0.15, 0.2) is 9.84 Å². The van der Waals surface area contributed by atoms with Crippen LogP contribution in [0.1, 0.15) is 12.8 Å². The Balaban J connectivity index is 0.00000200. The van der Waals surface area contributed by atoms with E-state index in [2.05, 4.69) is 5.32 Å². The van der Waals surface area contributed by atoms with Gasteiger partial charge in [-0.25, -0.2) is 8.42 Å². The Morgan fingerprint density at radius 2 is 1.81 bits per heavy atom. The largest absolute Gasteiger partial charge is 0.340 e. The highest BCUT2D eigenvalue weighted by atomic mass is 35.5. The number of carbonyl (C=O) groups excluding carboxylic acids is 1. The van der Waals surface area contributed by atoms with Crippen molar-refractivity contribution in [2.75, 3.05) is 51.3 Å². The number of likely N-dealkylation sites (tertiary alicyclic amines) is 1. The molecule has 2 rings (SSSR count). The van der Waals surface area contributed by atoms with Crippen molar-refractivity contribution in [3.63, 3.8) is 0 Å². The lowest BCUT2D eigenvalue weighted by Gasteiger charge is -2.34. The van der Waals surface area contributed by atoms with Crippen molar-refractivity contribution in [1.82, 2.24) is 15.1 Å². The van der Waals surface area contributed by atoms with Crippen LogP contribution in [0, 0.1) is 0 Å². The summed E-state index contributed by atoms with van der Waals surface area (Å²) in [5.74, 6) is 0.484. The smallest absolute Gasteiger partial charge is 0.236 e. The summed E-state index contributed by atoms with van der Waals surface area (Å²) in [6, 6.07) is 0.388. The number of hydrogen-bond donors (Lipinski definition) is 1. The molecule has 0 saturated carbocycles. The second kappa shape index (κ2) is 9.15. The lowest BCUT2D eigenvalue weighted by atomic mass is 10.1. The summed E-state index contributed by atoms with van der Waals surface area (Å²) in [4.78, 5) is 16.0. The minimum atomic E-state index is -2.87. The summed E-state index contributed by atoms with van der Waals surface area (Å²) >= 11 is 0. The Kier molecular flexibility index (Phi) is 9.11. The van der Waals surface area contributed by atoms with Crippen molar-refractivity contribution in [1.29, 1.82) is 0 Å². The summed E-state index contributed by atoms with van der Waals surface area (Å²) in [5, 5.41) is 3.22. The molecule has 0 bridgehead atoms. The molecular formula is C12H25Cl2N3O3S. The maximum Gasteiger partial charge on any atom is 0.236 e. The quantitative estimate of drug-likeness (QED) is 0.751. The van der Waals surface area contributed by atoms with Crippen LogP contribution in [0.25, 0.3) is 0 Å². The number of carbonyl (C=O) groups is 1. The fourth-order valence-electron chi connectivity index (χ4n) is 2.64. The molecule has 1 unspecified atom stereocenters. The van der Waals surface area contributed by atoms with Gasteiger partial charge >= 0.3 is 0 Å². The number of likely N-dealkylation sites (N-methyl/N-ethyl adjacent to an activating group) is 1. The first-order chi connectivity index (χ1) is 9.00. The molecule has 126 valence electrons. The average Bonchev–Trinajstić information content (AvgIpc) is 2.41. The van der Waals surface area contributed by atoms with E-state index in [0.29, 0.717) is 25.7 Å². The molecule has 0 aromatic rings. The summed E-state index contributed by atoms with van der Waals surface area (Å²) in [6.07, 6.45) is 2.15. The van der Waals surface area contributed by atoms with Crippen LogP contribution in [0.4, 0.5) is 0 Å². The fraction of sp³-hybridized carbons (Fsp3) is 0.917. The molecule has 9 heteroatoms. The van der Waals surface area contributed by atoms with Gasteiger partial charge in [-0.2, -0.15) is 0 Å². The van der Waals surface area contributed by atoms with E-state index in [1.165, 1.54) is 0 Å². The van der Waals surface area contributed by atoms with Gasteiger partial charge < -0.3 is 10.2 Å². The number of halogens is 2. The minimum absolute atomic E-state index is 0. The van der Waals surface area contributed by atoms with Gasteiger partial charge in [-0.1, -0.05) is 0 Å². The molecule has 1 amide bonds. The van der Waals surface area contributed by atoms with Gasteiger partial charge in [0, 0.05) is 32.2 Å². The second-order valence-electron chi connectivity index (χ2n) is 5.40. The number of rotatable bonds is 3. The molecular weight excluding hydrogens is 337 g/mol. The first-order valence-corrected chi connectivity index (χ1v) is 8.70. The van der Waals surface area contributed by atoms with E-state index in [9.17, 15) is 13.2 Å². The molecule has 2 aliphatic heterocycles. The number of sulfone groups is 1. The highest BCUT2D eigenvalue weighted by molar-refractivity contribution is 7.91. The van der Waals surface area contributed by atoms with Crippen LogP contribution in [0.15, 0.2) is 0 Å². The molecule has 0 aliphatic carbocycles. The monoisotopic (exact) mass is 361 g/mol. The second-order valence-corrected chi connectivity index (χ2v) is 7.70. The Hall–Kier alpha value is -0.0800. The third-order valence-electron chi connectivity index (χ3n) is 3.98. The Morgan fingerprint density at radius 1 is 1.19 bits per heavy atom. The van der Waals surface area contributed by atoms with E-state index in [0.717, 1.165) is 25.9 Å². The van der Waals surface area contributed by atoms with E-state index >= 15 is 0 Å². The topological polar surface area (TPSA) is 69.7 Å². The van der Waals surface area contributed by atoms with Crippen LogP contribution in [0.2, 0.25) is 0 Å². The van der Waals surface area contributed by atoms with Gasteiger partial charge in [-0.3, -0.25) is 9.69 Å². The van der Waals surface area contributed by atoms with Crippen LogP contribution >= 0.6 is 24.8 Å². The molecule has 0 aromatic heterocycles. The standard InChI is InChI=1S/C12H23N3O3S.2ClH/c1-13-11-3-2-4-15(9-11)12(16)10-14-5-7-19(17,18)8-6-14;;/h11,13H,2-10H2,1H3;2*1H. The zero-order valence-corrected chi connectivity index (χ0v) is 14.7. The van der Waals surface area contributed by atoms with Gasteiger partial charge in [-0.15, -0.1) is 24.8 Å². The van der Waals surface area contributed by atoms with E-state index < -0.39 is 9.84 Å². The molecule has 1 atom stereocenters. The van der Waals surface area contributed by atoms with Crippen molar-refractivity contribution in [3.8, 4) is 0 Å². The lowest BCUT2D eigenvalue weighted by molar-refractivity contribution is -0.133. The average molecular weight is 362 g/mol.